The third-order valence-electron chi connectivity index (χ3n) is 4.22. The van der Waals surface area contributed by atoms with Gasteiger partial charge < -0.3 is 9.72 Å². The van der Waals surface area contributed by atoms with Crippen LogP contribution in [0.5, 0.6) is 0 Å². The minimum absolute atomic E-state index is 0.330. The number of hydrogen-bond acceptors (Lipinski definition) is 5. The van der Waals surface area contributed by atoms with Crippen LogP contribution in [0.15, 0.2) is 29.4 Å². The Kier molecular flexibility index (Phi) is 5.36. The van der Waals surface area contributed by atoms with E-state index >= 15 is 0 Å². The van der Waals surface area contributed by atoms with E-state index < -0.39 is 0 Å². The lowest BCUT2D eigenvalue weighted by Crippen LogP contribution is -2.06. The maximum atomic E-state index is 12.1. The SMILES string of the molecule is CCOC(=O)c1c(C)[nH]c(/C=N/n2c(-c3ccc(C)cc3)n[nH]c2=S)c1C. The zero-order valence-electron chi connectivity index (χ0n) is 15.7. The van der Waals surface area contributed by atoms with Crippen molar-refractivity contribution in [2.75, 3.05) is 6.61 Å². The molecule has 0 saturated heterocycles. The summed E-state index contributed by atoms with van der Waals surface area (Å²) in [6, 6.07) is 7.95. The fourth-order valence-corrected chi connectivity index (χ4v) is 3.00. The Bertz CT molecular complexity index is 1060. The maximum absolute atomic E-state index is 12.1. The van der Waals surface area contributed by atoms with Crippen LogP contribution in [0.1, 0.15) is 39.8 Å². The normalized spacial score (nSPS) is 11.3. The first-order valence-electron chi connectivity index (χ1n) is 8.57. The maximum Gasteiger partial charge on any atom is 0.340 e. The van der Waals surface area contributed by atoms with E-state index in [1.165, 1.54) is 0 Å². The Labute approximate surface area is 162 Å². The Morgan fingerprint density at radius 1 is 1.30 bits per heavy atom. The number of benzene rings is 1. The molecule has 0 atom stereocenters. The molecule has 3 rings (SSSR count). The zero-order valence-corrected chi connectivity index (χ0v) is 16.5. The smallest absolute Gasteiger partial charge is 0.340 e. The number of carbonyl (C=O) groups is 1. The Balaban J connectivity index is 1.97. The van der Waals surface area contributed by atoms with E-state index in [0.717, 1.165) is 22.4 Å². The van der Waals surface area contributed by atoms with Gasteiger partial charge in [-0.25, -0.2) is 9.89 Å². The summed E-state index contributed by atoms with van der Waals surface area (Å²) < 4.78 is 7.06. The van der Waals surface area contributed by atoms with Crippen molar-refractivity contribution in [1.82, 2.24) is 19.9 Å². The molecule has 0 fully saturated rings. The average molecular weight is 383 g/mol. The number of rotatable bonds is 5. The van der Waals surface area contributed by atoms with Gasteiger partial charge in [-0.3, -0.25) is 0 Å². The summed E-state index contributed by atoms with van der Waals surface area (Å²) in [5.74, 6) is 0.270. The van der Waals surface area contributed by atoms with Gasteiger partial charge in [0.25, 0.3) is 0 Å². The lowest BCUT2D eigenvalue weighted by Gasteiger charge is -2.02. The number of H-pyrrole nitrogens is 2. The number of nitrogens with one attached hydrogen (secondary N) is 2. The predicted molar refractivity (Wildman–Crippen MR) is 107 cm³/mol. The first-order valence-corrected chi connectivity index (χ1v) is 8.98. The number of aromatic nitrogens is 4. The minimum atomic E-state index is -0.344. The van der Waals surface area contributed by atoms with E-state index in [1.807, 2.05) is 45.0 Å². The Morgan fingerprint density at radius 2 is 2.00 bits per heavy atom. The van der Waals surface area contributed by atoms with Crippen molar-refractivity contribution in [3.8, 4) is 11.4 Å². The van der Waals surface area contributed by atoms with Crippen LogP contribution in [0.25, 0.3) is 11.4 Å². The van der Waals surface area contributed by atoms with E-state index in [-0.39, 0.29) is 5.97 Å². The van der Waals surface area contributed by atoms with Crippen molar-refractivity contribution < 1.29 is 9.53 Å². The highest BCUT2D eigenvalue weighted by atomic mass is 32.1. The second-order valence-electron chi connectivity index (χ2n) is 6.16. The highest BCUT2D eigenvalue weighted by Crippen LogP contribution is 2.20. The summed E-state index contributed by atoms with van der Waals surface area (Å²) in [4.78, 5) is 15.3. The summed E-state index contributed by atoms with van der Waals surface area (Å²) in [6.07, 6.45) is 1.63. The second-order valence-corrected chi connectivity index (χ2v) is 6.55. The third kappa shape index (κ3) is 3.75. The molecular formula is C19H21N5O2S. The van der Waals surface area contributed by atoms with Crippen LogP contribution < -0.4 is 0 Å². The standard InChI is InChI=1S/C19H21N5O2S/c1-5-26-18(25)16-12(3)15(21-13(16)4)10-20-24-17(22-23-19(24)27)14-8-6-11(2)7-9-14/h6-10,21H,5H2,1-4H3,(H,23,27)/b20-10+. The monoisotopic (exact) mass is 383 g/mol. The minimum Gasteiger partial charge on any atom is -0.462 e. The highest BCUT2D eigenvalue weighted by Gasteiger charge is 2.18. The molecule has 0 aliphatic heterocycles. The molecule has 0 amide bonds. The fraction of sp³-hybridized carbons (Fsp3) is 0.263. The summed E-state index contributed by atoms with van der Waals surface area (Å²) in [5.41, 5.74) is 4.83. The number of esters is 1. The van der Waals surface area contributed by atoms with Gasteiger partial charge in [-0.1, -0.05) is 29.8 Å². The van der Waals surface area contributed by atoms with E-state index in [4.69, 9.17) is 17.0 Å². The van der Waals surface area contributed by atoms with Gasteiger partial charge in [-0.15, -0.1) is 0 Å². The molecule has 2 heterocycles. The van der Waals surface area contributed by atoms with Crippen molar-refractivity contribution in [2.24, 2.45) is 5.10 Å². The topological polar surface area (TPSA) is 88.1 Å². The summed E-state index contributed by atoms with van der Waals surface area (Å²) >= 11 is 5.30. The number of nitrogens with zero attached hydrogens (tertiary/aromatic N) is 3. The lowest BCUT2D eigenvalue weighted by molar-refractivity contribution is 0.0525. The number of aryl methyl sites for hydroxylation is 2. The second kappa shape index (κ2) is 7.71. The number of aromatic amines is 2. The molecule has 27 heavy (non-hydrogen) atoms. The molecule has 1 aromatic carbocycles. The zero-order chi connectivity index (χ0) is 19.6. The van der Waals surface area contributed by atoms with Crippen molar-refractivity contribution in [3.05, 3.63) is 57.1 Å². The Hall–Kier alpha value is -3.00. The molecule has 8 heteroatoms. The van der Waals surface area contributed by atoms with Crippen molar-refractivity contribution in [2.45, 2.75) is 27.7 Å². The van der Waals surface area contributed by atoms with Crippen LogP contribution in [0.4, 0.5) is 0 Å². The molecule has 0 unspecified atom stereocenters. The molecule has 0 spiro atoms. The van der Waals surface area contributed by atoms with Crippen molar-refractivity contribution >= 4 is 24.4 Å². The summed E-state index contributed by atoms with van der Waals surface area (Å²) in [7, 11) is 0. The van der Waals surface area contributed by atoms with Gasteiger partial charge in [-0.05, 0) is 45.5 Å². The van der Waals surface area contributed by atoms with Crippen LogP contribution in [0, 0.1) is 25.5 Å². The molecule has 0 bridgehead atoms. The predicted octanol–water partition coefficient (Wildman–Crippen LogP) is 3.92. The van der Waals surface area contributed by atoms with E-state index in [9.17, 15) is 4.79 Å². The van der Waals surface area contributed by atoms with Crippen LogP contribution >= 0.6 is 12.2 Å². The molecule has 3 aromatic rings. The van der Waals surface area contributed by atoms with Crippen LogP contribution in [0.2, 0.25) is 0 Å². The largest absolute Gasteiger partial charge is 0.462 e. The highest BCUT2D eigenvalue weighted by molar-refractivity contribution is 7.71. The van der Waals surface area contributed by atoms with Crippen LogP contribution in [0.3, 0.4) is 0 Å². The van der Waals surface area contributed by atoms with Crippen molar-refractivity contribution in [3.63, 3.8) is 0 Å². The molecule has 0 aliphatic rings. The van der Waals surface area contributed by atoms with Gasteiger partial charge >= 0.3 is 5.97 Å². The fourth-order valence-electron chi connectivity index (χ4n) is 2.82. The van der Waals surface area contributed by atoms with E-state index in [0.29, 0.717) is 28.5 Å². The number of ether oxygens (including phenoxy) is 1. The third-order valence-corrected chi connectivity index (χ3v) is 4.48. The van der Waals surface area contributed by atoms with Gasteiger partial charge in [0, 0.05) is 11.3 Å². The van der Waals surface area contributed by atoms with E-state index in [2.05, 4.69) is 20.3 Å². The lowest BCUT2D eigenvalue weighted by atomic mass is 10.1. The summed E-state index contributed by atoms with van der Waals surface area (Å²) in [6.45, 7) is 7.82. The molecule has 140 valence electrons. The van der Waals surface area contributed by atoms with Gasteiger partial charge in [0.05, 0.1) is 24.1 Å². The van der Waals surface area contributed by atoms with Crippen LogP contribution in [-0.4, -0.2) is 38.6 Å². The van der Waals surface area contributed by atoms with Gasteiger partial charge in [0.2, 0.25) is 4.77 Å². The van der Waals surface area contributed by atoms with Gasteiger partial charge in [-0.2, -0.15) is 14.9 Å². The van der Waals surface area contributed by atoms with E-state index in [1.54, 1.807) is 17.8 Å². The molecule has 2 aromatic heterocycles. The first kappa shape index (κ1) is 18.8. The first-order chi connectivity index (χ1) is 12.9. The molecule has 0 aliphatic carbocycles. The molecule has 0 saturated carbocycles. The quantitative estimate of drug-likeness (QED) is 0.397. The number of carbonyl (C=O) groups excluding carboxylic acids is 1. The van der Waals surface area contributed by atoms with Gasteiger partial charge in [0.15, 0.2) is 5.82 Å². The molecule has 7 nitrogen and oxygen atoms in total. The van der Waals surface area contributed by atoms with Crippen LogP contribution in [-0.2, 0) is 4.74 Å². The Morgan fingerprint density at radius 3 is 2.67 bits per heavy atom. The summed E-state index contributed by atoms with van der Waals surface area (Å²) in [5, 5.41) is 11.5. The van der Waals surface area contributed by atoms with Gasteiger partial charge in [0.1, 0.15) is 0 Å². The molecule has 2 N–H and O–H groups in total. The van der Waals surface area contributed by atoms with Crippen molar-refractivity contribution in [1.29, 1.82) is 0 Å². The molecular weight excluding hydrogens is 362 g/mol. The average Bonchev–Trinajstić information content (AvgIpc) is 3.13. The number of hydrogen-bond donors (Lipinski definition) is 2. The molecule has 0 radical (unpaired) electrons.